The van der Waals surface area contributed by atoms with E-state index in [0.717, 1.165) is 10.0 Å². The van der Waals surface area contributed by atoms with E-state index in [4.69, 9.17) is 0 Å². The summed E-state index contributed by atoms with van der Waals surface area (Å²) in [6.07, 6.45) is 1.47. The minimum Gasteiger partial charge on any atom is -0.337 e. The average Bonchev–Trinajstić information content (AvgIpc) is 2.40. The zero-order valence-corrected chi connectivity index (χ0v) is 12.0. The van der Waals surface area contributed by atoms with Crippen molar-refractivity contribution in [1.29, 1.82) is 0 Å². The number of aromatic amines is 1. The number of aromatic nitrogens is 1. The Balaban J connectivity index is 2.16. The van der Waals surface area contributed by atoms with Gasteiger partial charge < -0.3 is 9.88 Å². The van der Waals surface area contributed by atoms with Crippen molar-refractivity contribution in [3.05, 3.63) is 68.5 Å². The van der Waals surface area contributed by atoms with Crippen molar-refractivity contribution in [2.24, 2.45) is 0 Å². The molecule has 0 radical (unpaired) electrons. The smallest absolute Gasteiger partial charge is 0.254 e. The Kier molecular flexibility index (Phi) is 4.16. The number of rotatable bonds is 3. The maximum Gasteiger partial charge on any atom is 0.254 e. The van der Waals surface area contributed by atoms with Crippen molar-refractivity contribution in [1.82, 2.24) is 9.88 Å². The summed E-state index contributed by atoms with van der Waals surface area (Å²) in [5.41, 5.74) is 1.13. The van der Waals surface area contributed by atoms with Crippen LogP contribution in [0.15, 0.2) is 51.9 Å². The van der Waals surface area contributed by atoms with Crippen LogP contribution in [0, 0.1) is 0 Å². The fourth-order valence-electron chi connectivity index (χ4n) is 1.75. The van der Waals surface area contributed by atoms with E-state index < -0.39 is 0 Å². The van der Waals surface area contributed by atoms with Crippen LogP contribution in [0.5, 0.6) is 0 Å². The molecule has 2 aromatic rings. The van der Waals surface area contributed by atoms with Gasteiger partial charge in [-0.25, -0.2) is 0 Å². The van der Waals surface area contributed by atoms with E-state index >= 15 is 0 Å². The third-order valence-corrected chi connectivity index (χ3v) is 3.51. The Morgan fingerprint density at radius 2 is 2.05 bits per heavy atom. The average molecular weight is 321 g/mol. The van der Waals surface area contributed by atoms with Gasteiger partial charge in [-0.3, -0.25) is 9.59 Å². The molecule has 0 saturated carbocycles. The number of carbonyl (C=O) groups is 1. The summed E-state index contributed by atoms with van der Waals surface area (Å²) in [5.74, 6) is -0.179. The summed E-state index contributed by atoms with van der Waals surface area (Å²) in [7, 11) is 1.71. The molecule has 0 spiro atoms. The lowest BCUT2D eigenvalue weighted by Gasteiger charge is -2.18. The Morgan fingerprint density at radius 1 is 1.32 bits per heavy atom. The van der Waals surface area contributed by atoms with Crippen molar-refractivity contribution < 1.29 is 4.79 Å². The second-order valence-corrected chi connectivity index (χ2v) is 5.05. The number of nitrogens with one attached hydrogen (secondary N) is 1. The number of pyridine rings is 1. The van der Waals surface area contributed by atoms with Gasteiger partial charge in [-0.2, -0.15) is 0 Å². The topological polar surface area (TPSA) is 53.2 Å². The Bertz CT molecular complexity index is 652. The predicted molar refractivity (Wildman–Crippen MR) is 77.0 cm³/mol. The Morgan fingerprint density at radius 3 is 2.74 bits per heavy atom. The summed E-state index contributed by atoms with van der Waals surface area (Å²) in [4.78, 5) is 27.4. The summed E-state index contributed by atoms with van der Waals surface area (Å²) in [6, 6.07) is 10.6. The molecule has 0 aliphatic rings. The van der Waals surface area contributed by atoms with Gasteiger partial charge in [-0.1, -0.05) is 34.1 Å². The normalized spacial score (nSPS) is 10.2. The van der Waals surface area contributed by atoms with Crippen molar-refractivity contribution in [2.75, 3.05) is 7.05 Å². The molecule has 19 heavy (non-hydrogen) atoms. The van der Waals surface area contributed by atoms with Crippen LogP contribution in [-0.2, 0) is 6.54 Å². The fraction of sp³-hybridized carbons (Fsp3) is 0.143. The Hall–Kier alpha value is -1.88. The number of halogens is 1. The molecule has 1 amide bonds. The second kappa shape index (κ2) is 5.84. The standard InChI is InChI=1S/C14H13BrN2O2/c1-17(9-11-4-2-3-5-12(11)15)14(19)10-6-7-16-13(18)8-10/h2-8H,9H2,1H3,(H,16,18). The van der Waals surface area contributed by atoms with E-state index in [1.165, 1.54) is 12.3 Å². The van der Waals surface area contributed by atoms with Gasteiger partial charge in [-0.05, 0) is 17.7 Å². The van der Waals surface area contributed by atoms with Gasteiger partial charge >= 0.3 is 0 Å². The molecule has 1 aromatic carbocycles. The highest BCUT2D eigenvalue weighted by Crippen LogP contribution is 2.17. The molecule has 0 bridgehead atoms. The molecule has 0 unspecified atom stereocenters. The molecule has 2 rings (SSSR count). The second-order valence-electron chi connectivity index (χ2n) is 4.19. The molecule has 0 saturated heterocycles. The van der Waals surface area contributed by atoms with Crippen molar-refractivity contribution in [3.8, 4) is 0 Å². The number of amides is 1. The molecule has 1 heterocycles. The first-order valence-electron chi connectivity index (χ1n) is 5.75. The minimum atomic E-state index is -0.278. The van der Waals surface area contributed by atoms with Gasteiger partial charge in [-0.15, -0.1) is 0 Å². The summed E-state index contributed by atoms with van der Waals surface area (Å²) in [6.45, 7) is 0.479. The van der Waals surface area contributed by atoms with E-state index in [0.29, 0.717) is 12.1 Å². The molecule has 0 aliphatic carbocycles. The van der Waals surface area contributed by atoms with Gasteiger partial charge in [0.1, 0.15) is 0 Å². The lowest BCUT2D eigenvalue weighted by molar-refractivity contribution is 0.0784. The van der Waals surface area contributed by atoms with Crippen LogP contribution in [0.1, 0.15) is 15.9 Å². The highest BCUT2D eigenvalue weighted by Gasteiger charge is 2.13. The van der Waals surface area contributed by atoms with E-state index in [1.54, 1.807) is 18.0 Å². The molecule has 98 valence electrons. The third-order valence-electron chi connectivity index (χ3n) is 2.73. The molecule has 1 aromatic heterocycles. The first kappa shape index (κ1) is 13.5. The molecule has 0 aliphatic heterocycles. The fourth-order valence-corrected chi connectivity index (χ4v) is 2.16. The molecular weight excluding hydrogens is 308 g/mol. The van der Waals surface area contributed by atoms with Gasteiger partial charge in [0, 0.05) is 35.9 Å². The van der Waals surface area contributed by atoms with Crippen molar-refractivity contribution in [2.45, 2.75) is 6.54 Å². The van der Waals surface area contributed by atoms with Crippen LogP contribution in [-0.4, -0.2) is 22.8 Å². The van der Waals surface area contributed by atoms with Crippen LogP contribution < -0.4 is 5.56 Å². The van der Waals surface area contributed by atoms with E-state index in [1.807, 2.05) is 24.3 Å². The summed E-state index contributed by atoms with van der Waals surface area (Å²) in [5, 5.41) is 0. The van der Waals surface area contributed by atoms with Crippen LogP contribution in [0.25, 0.3) is 0 Å². The van der Waals surface area contributed by atoms with Crippen LogP contribution in [0.3, 0.4) is 0 Å². The molecular formula is C14H13BrN2O2. The number of H-pyrrole nitrogens is 1. The maximum atomic E-state index is 12.2. The number of hydrogen-bond acceptors (Lipinski definition) is 2. The van der Waals surface area contributed by atoms with Crippen LogP contribution in [0.4, 0.5) is 0 Å². The summed E-state index contributed by atoms with van der Waals surface area (Å²) < 4.78 is 0.959. The number of hydrogen-bond donors (Lipinski definition) is 1. The highest BCUT2D eigenvalue weighted by molar-refractivity contribution is 9.10. The molecule has 1 N–H and O–H groups in total. The number of benzene rings is 1. The predicted octanol–water partition coefficient (Wildman–Crippen LogP) is 2.41. The monoisotopic (exact) mass is 320 g/mol. The minimum absolute atomic E-state index is 0.179. The number of nitrogens with zero attached hydrogens (tertiary/aromatic N) is 1. The maximum absolute atomic E-state index is 12.2. The van der Waals surface area contributed by atoms with Crippen LogP contribution in [0.2, 0.25) is 0 Å². The lowest BCUT2D eigenvalue weighted by atomic mass is 10.2. The first-order valence-corrected chi connectivity index (χ1v) is 6.55. The van der Waals surface area contributed by atoms with E-state index in [-0.39, 0.29) is 11.5 Å². The molecule has 4 nitrogen and oxygen atoms in total. The third kappa shape index (κ3) is 3.32. The zero-order chi connectivity index (χ0) is 13.8. The quantitative estimate of drug-likeness (QED) is 0.944. The van der Waals surface area contributed by atoms with Crippen molar-refractivity contribution >= 4 is 21.8 Å². The zero-order valence-electron chi connectivity index (χ0n) is 10.4. The van der Waals surface area contributed by atoms with Crippen molar-refractivity contribution in [3.63, 3.8) is 0 Å². The van der Waals surface area contributed by atoms with Crippen LogP contribution >= 0.6 is 15.9 Å². The SMILES string of the molecule is CN(Cc1ccccc1Br)C(=O)c1cc[nH]c(=O)c1. The Labute approximate surface area is 119 Å². The van der Waals surface area contributed by atoms with Gasteiger partial charge in [0.05, 0.1) is 0 Å². The van der Waals surface area contributed by atoms with Gasteiger partial charge in [0.15, 0.2) is 0 Å². The van der Waals surface area contributed by atoms with Gasteiger partial charge in [0.2, 0.25) is 5.56 Å². The molecule has 0 fully saturated rings. The van der Waals surface area contributed by atoms with E-state index in [2.05, 4.69) is 20.9 Å². The van der Waals surface area contributed by atoms with Gasteiger partial charge in [0.25, 0.3) is 5.91 Å². The number of carbonyl (C=O) groups excluding carboxylic acids is 1. The highest BCUT2D eigenvalue weighted by atomic mass is 79.9. The summed E-state index contributed by atoms with van der Waals surface area (Å²) >= 11 is 3.45. The van der Waals surface area contributed by atoms with E-state index in [9.17, 15) is 9.59 Å². The molecule has 0 atom stereocenters. The first-order chi connectivity index (χ1) is 9.08. The lowest BCUT2D eigenvalue weighted by Crippen LogP contribution is -2.27. The molecule has 5 heteroatoms. The largest absolute Gasteiger partial charge is 0.337 e.